The first-order chi connectivity index (χ1) is 15.3. The lowest BCUT2D eigenvalue weighted by molar-refractivity contribution is -0.138. The van der Waals surface area contributed by atoms with Gasteiger partial charge in [0.25, 0.3) is 10.0 Å². The van der Waals surface area contributed by atoms with Crippen molar-refractivity contribution in [1.82, 2.24) is 19.0 Å². The second kappa shape index (κ2) is 10.2. The Bertz CT molecular complexity index is 1010. The van der Waals surface area contributed by atoms with Crippen molar-refractivity contribution in [2.45, 2.75) is 23.7 Å². The molecule has 1 atom stereocenters. The molecule has 2 aromatic rings. The number of nitrogens with zero attached hydrogens (tertiary/aromatic N) is 4. The molecular formula is C22H29ClN4O3S2. The minimum absolute atomic E-state index is 0.130. The van der Waals surface area contributed by atoms with E-state index >= 15 is 0 Å². The van der Waals surface area contributed by atoms with Gasteiger partial charge in [0, 0.05) is 58.9 Å². The normalized spacial score (nSPS) is 20.4. The van der Waals surface area contributed by atoms with Crippen molar-refractivity contribution in [3.05, 3.63) is 52.4 Å². The average Bonchev–Trinajstić information content (AvgIpc) is 3.26. The molecule has 2 aliphatic heterocycles. The van der Waals surface area contributed by atoms with E-state index in [1.54, 1.807) is 12.1 Å². The van der Waals surface area contributed by atoms with Crippen LogP contribution in [0.3, 0.4) is 0 Å². The molecule has 0 bridgehead atoms. The first kappa shape index (κ1) is 23.7. The average molecular weight is 497 g/mol. The molecule has 1 aromatic carbocycles. The van der Waals surface area contributed by atoms with Gasteiger partial charge in [-0.25, -0.2) is 8.42 Å². The molecule has 10 heteroatoms. The zero-order chi connectivity index (χ0) is 22.7. The summed E-state index contributed by atoms with van der Waals surface area (Å²) in [6.07, 6.45) is 0. The molecule has 2 saturated heterocycles. The molecule has 3 heterocycles. The van der Waals surface area contributed by atoms with Crippen LogP contribution in [0, 0.1) is 0 Å². The van der Waals surface area contributed by atoms with Crippen LogP contribution >= 0.6 is 22.9 Å². The Morgan fingerprint density at radius 1 is 0.969 bits per heavy atom. The summed E-state index contributed by atoms with van der Waals surface area (Å²) in [7, 11) is -3.52. The Hall–Kier alpha value is -1.49. The van der Waals surface area contributed by atoms with Crippen LogP contribution in [0.15, 0.2) is 46.7 Å². The fraction of sp³-hybridized carbons (Fsp3) is 0.500. The molecular weight excluding hydrogens is 468 g/mol. The van der Waals surface area contributed by atoms with E-state index < -0.39 is 10.0 Å². The van der Waals surface area contributed by atoms with E-state index in [-0.39, 0.29) is 16.2 Å². The Kier molecular flexibility index (Phi) is 7.54. The number of thiophene rings is 1. The van der Waals surface area contributed by atoms with Crippen LogP contribution in [0.4, 0.5) is 0 Å². The maximum Gasteiger partial charge on any atom is 0.252 e. The summed E-state index contributed by atoms with van der Waals surface area (Å²) in [5.74, 6) is 0.130. The molecule has 0 N–H and O–H groups in total. The fourth-order valence-corrected chi connectivity index (χ4v) is 7.34. The van der Waals surface area contributed by atoms with Crippen LogP contribution in [-0.4, -0.2) is 91.7 Å². The SMILES string of the molecule is C[C@H](C(=O)N1CCN(Cc2ccccc2)CC1)N1CCN(S(=O)(=O)c2ccc(Cl)s2)CC1. The Labute approximate surface area is 199 Å². The third kappa shape index (κ3) is 5.35. The monoisotopic (exact) mass is 496 g/mol. The molecule has 0 radical (unpaired) electrons. The quantitative estimate of drug-likeness (QED) is 0.614. The van der Waals surface area contributed by atoms with E-state index in [1.807, 2.05) is 17.9 Å². The van der Waals surface area contributed by atoms with Crippen LogP contribution in [0.2, 0.25) is 4.34 Å². The van der Waals surface area contributed by atoms with Crippen molar-refractivity contribution < 1.29 is 13.2 Å². The molecule has 0 spiro atoms. The lowest BCUT2D eigenvalue weighted by Crippen LogP contribution is -2.57. The van der Waals surface area contributed by atoms with Crippen LogP contribution in [0.25, 0.3) is 0 Å². The summed E-state index contributed by atoms with van der Waals surface area (Å²) < 4.78 is 27.8. The molecule has 32 heavy (non-hydrogen) atoms. The molecule has 0 unspecified atom stereocenters. The van der Waals surface area contributed by atoms with Crippen LogP contribution < -0.4 is 0 Å². The van der Waals surface area contributed by atoms with E-state index in [9.17, 15) is 13.2 Å². The van der Waals surface area contributed by atoms with Gasteiger partial charge in [-0.15, -0.1) is 11.3 Å². The highest BCUT2D eigenvalue weighted by molar-refractivity contribution is 7.91. The number of carbonyl (C=O) groups excluding carboxylic acids is 1. The molecule has 7 nitrogen and oxygen atoms in total. The van der Waals surface area contributed by atoms with Gasteiger partial charge in [-0.1, -0.05) is 41.9 Å². The molecule has 0 aliphatic carbocycles. The maximum absolute atomic E-state index is 13.1. The highest BCUT2D eigenvalue weighted by atomic mass is 35.5. The zero-order valence-corrected chi connectivity index (χ0v) is 20.6. The van der Waals surface area contributed by atoms with Crippen molar-refractivity contribution in [2.24, 2.45) is 0 Å². The van der Waals surface area contributed by atoms with Gasteiger partial charge in [0.05, 0.1) is 10.4 Å². The van der Waals surface area contributed by atoms with E-state index in [2.05, 4.69) is 34.1 Å². The van der Waals surface area contributed by atoms with Crippen molar-refractivity contribution in [1.29, 1.82) is 0 Å². The lowest BCUT2D eigenvalue weighted by atomic mass is 10.1. The van der Waals surface area contributed by atoms with E-state index in [1.165, 1.54) is 9.87 Å². The number of sulfonamides is 1. The number of amides is 1. The lowest BCUT2D eigenvalue weighted by Gasteiger charge is -2.40. The van der Waals surface area contributed by atoms with Crippen molar-refractivity contribution in [3.8, 4) is 0 Å². The summed E-state index contributed by atoms with van der Waals surface area (Å²) >= 11 is 6.99. The van der Waals surface area contributed by atoms with Gasteiger partial charge in [0.2, 0.25) is 5.91 Å². The summed E-state index contributed by atoms with van der Waals surface area (Å²) in [4.78, 5) is 19.5. The second-order valence-electron chi connectivity index (χ2n) is 8.26. The minimum atomic E-state index is -3.52. The highest BCUT2D eigenvalue weighted by Crippen LogP contribution is 2.28. The molecule has 1 amide bonds. The molecule has 2 fully saturated rings. The molecule has 174 valence electrons. The molecule has 2 aliphatic rings. The van der Waals surface area contributed by atoms with Crippen molar-refractivity contribution >= 4 is 38.9 Å². The second-order valence-corrected chi connectivity index (χ2v) is 12.1. The number of piperazine rings is 2. The summed E-state index contributed by atoms with van der Waals surface area (Å²) in [5.41, 5.74) is 1.29. The zero-order valence-electron chi connectivity index (χ0n) is 18.2. The number of halogens is 1. The summed E-state index contributed by atoms with van der Waals surface area (Å²) in [6.45, 7) is 7.85. The van der Waals surface area contributed by atoms with E-state index in [0.717, 1.165) is 44.1 Å². The first-order valence-corrected chi connectivity index (χ1v) is 13.5. The Balaban J connectivity index is 1.26. The number of benzene rings is 1. The fourth-order valence-electron chi connectivity index (χ4n) is 4.28. The predicted octanol–water partition coefficient (Wildman–Crippen LogP) is 2.44. The topological polar surface area (TPSA) is 64.2 Å². The van der Waals surface area contributed by atoms with Gasteiger partial charge < -0.3 is 4.90 Å². The van der Waals surface area contributed by atoms with E-state index in [4.69, 9.17) is 11.6 Å². The van der Waals surface area contributed by atoms with Crippen LogP contribution in [0.1, 0.15) is 12.5 Å². The van der Waals surface area contributed by atoms with Gasteiger partial charge >= 0.3 is 0 Å². The summed E-state index contributed by atoms with van der Waals surface area (Å²) in [5, 5.41) is 0. The largest absolute Gasteiger partial charge is 0.339 e. The van der Waals surface area contributed by atoms with Crippen LogP contribution in [0.5, 0.6) is 0 Å². The maximum atomic E-state index is 13.1. The third-order valence-corrected chi connectivity index (χ3v) is 9.85. The Morgan fingerprint density at radius 3 is 2.22 bits per heavy atom. The molecule has 1 aromatic heterocycles. The van der Waals surface area contributed by atoms with Gasteiger partial charge in [-0.3, -0.25) is 14.6 Å². The molecule has 4 rings (SSSR count). The van der Waals surface area contributed by atoms with Gasteiger partial charge in [0.1, 0.15) is 4.21 Å². The third-order valence-electron chi connectivity index (χ3n) is 6.25. The Morgan fingerprint density at radius 2 is 1.62 bits per heavy atom. The number of rotatable bonds is 6. The van der Waals surface area contributed by atoms with Crippen molar-refractivity contribution in [3.63, 3.8) is 0 Å². The van der Waals surface area contributed by atoms with Crippen molar-refractivity contribution in [2.75, 3.05) is 52.4 Å². The van der Waals surface area contributed by atoms with Crippen LogP contribution in [-0.2, 0) is 21.4 Å². The minimum Gasteiger partial charge on any atom is -0.339 e. The summed E-state index contributed by atoms with van der Waals surface area (Å²) in [6, 6.07) is 13.3. The predicted molar refractivity (Wildman–Crippen MR) is 127 cm³/mol. The standard InChI is InChI=1S/C22H29ClN4O3S2/c1-18(22(28)26-11-9-24(10-12-26)17-19-5-3-2-4-6-19)25-13-15-27(16-14-25)32(29,30)21-8-7-20(23)31-21/h2-8,18H,9-17H2,1H3/t18-/m1/s1. The highest BCUT2D eigenvalue weighted by Gasteiger charge is 2.34. The number of hydrogen-bond donors (Lipinski definition) is 0. The first-order valence-electron chi connectivity index (χ1n) is 10.9. The smallest absolute Gasteiger partial charge is 0.252 e. The number of hydrogen-bond acceptors (Lipinski definition) is 6. The van der Waals surface area contributed by atoms with Gasteiger partial charge in [-0.05, 0) is 24.6 Å². The molecule has 0 saturated carbocycles. The number of carbonyl (C=O) groups is 1. The van der Waals surface area contributed by atoms with E-state index in [0.29, 0.717) is 30.5 Å². The van der Waals surface area contributed by atoms with Gasteiger partial charge in [-0.2, -0.15) is 4.31 Å². The van der Waals surface area contributed by atoms with Gasteiger partial charge in [0.15, 0.2) is 0 Å².